The average molecular weight is 344 g/mol. The van der Waals surface area contributed by atoms with E-state index in [0.29, 0.717) is 5.69 Å². The van der Waals surface area contributed by atoms with Gasteiger partial charge in [0.1, 0.15) is 6.04 Å². The molecule has 0 aromatic heterocycles. The third-order valence-electron chi connectivity index (χ3n) is 2.46. The molecule has 0 saturated carbocycles. The zero-order chi connectivity index (χ0) is 15.3. The summed E-state index contributed by atoms with van der Waals surface area (Å²) >= 11 is 3.27. The Balaban J connectivity index is 2.72. The molecule has 0 heterocycles. The van der Waals surface area contributed by atoms with Crippen molar-refractivity contribution >= 4 is 39.5 Å². The molecule has 5 N–H and O–H groups in total. The minimum atomic E-state index is -1.36. The van der Waals surface area contributed by atoms with Crippen molar-refractivity contribution in [2.75, 3.05) is 5.32 Å². The van der Waals surface area contributed by atoms with Gasteiger partial charge in [0.2, 0.25) is 5.91 Å². The molecular weight excluding hydrogens is 330 g/mol. The normalized spacial score (nSPS) is 11.5. The van der Waals surface area contributed by atoms with Crippen LogP contribution in [0.4, 0.5) is 10.5 Å². The fraction of sp³-hybridized carbons (Fsp3) is 0.250. The van der Waals surface area contributed by atoms with Gasteiger partial charge in [0, 0.05) is 10.2 Å². The third kappa shape index (κ3) is 4.88. The van der Waals surface area contributed by atoms with E-state index in [-0.39, 0.29) is 0 Å². The average Bonchev–Trinajstić information content (AvgIpc) is 2.32. The quantitative estimate of drug-likeness (QED) is 0.641. The summed E-state index contributed by atoms with van der Waals surface area (Å²) in [5.41, 5.74) is 6.26. The molecule has 8 heteroatoms. The molecule has 0 fully saturated rings. The lowest BCUT2D eigenvalue weighted by Crippen LogP contribution is -2.45. The number of aliphatic carboxylic acids is 1. The number of carboxylic acids is 1. The van der Waals surface area contributed by atoms with Gasteiger partial charge in [0.05, 0.1) is 6.42 Å². The first-order valence-electron chi connectivity index (χ1n) is 5.64. The third-order valence-corrected chi connectivity index (χ3v) is 2.95. The minimum absolute atomic E-state index is 0.472. The molecular formula is C12H14BrN3O4. The van der Waals surface area contributed by atoms with Gasteiger partial charge in [-0.05, 0) is 24.6 Å². The number of carboxylic acid groups (broad SMARTS) is 1. The maximum atomic E-state index is 11.7. The summed E-state index contributed by atoms with van der Waals surface area (Å²) in [6, 6.07) is 3.20. The van der Waals surface area contributed by atoms with Crippen molar-refractivity contribution in [3.63, 3.8) is 0 Å². The smallest absolute Gasteiger partial charge is 0.326 e. The predicted molar refractivity (Wildman–Crippen MR) is 76.3 cm³/mol. The lowest BCUT2D eigenvalue weighted by Gasteiger charge is -2.14. The van der Waals surface area contributed by atoms with Crippen LogP contribution >= 0.6 is 15.9 Å². The zero-order valence-corrected chi connectivity index (χ0v) is 12.2. The Bertz CT molecular complexity index is 548. The van der Waals surface area contributed by atoms with Gasteiger partial charge >= 0.3 is 12.0 Å². The fourth-order valence-electron chi connectivity index (χ4n) is 1.45. The molecule has 0 radical (unpaired) electrons. The van der Waals surface area contributed by atoms with Crippen LogP contribution in [0.25, 0.3) is 0 Å². The van der Waals surface area contributed by atoms with Gasteiger partial charge in [0.15, 0.2) is 0 Å². The summed E-state index contributed by atoms with van der Waals surface area (Å²) in [4.78, 5) is 33.3. The number of carbonyl (C=O) groups is 3. The lowest BCUT2D eigenvalue weighted by molar-refractivity contribution is -0.140. The van der Waals surface area contributed by atoms with Crippen LogP contribution in [0.15, 0.2) is 22.7 Å². The van der Waals surface area contributed by atoms with Gasteiger partial charge in [-0.2, -0.15) is 0 Å². The highest BCUT2D eigenvalue weighted by Gasteiger charge is 2.22. The van der Waals surface area contributed by atoms with Gasteiger partial charge < -0.3 is 21.5 Å². The molecule has 1 aromatic rings. The number of rotatable bonds is 5. The van der Waals surface area contributed by atoms with Crippen molar-refractivity contribution in [3.8, 4) is 0 Å². The van der Waals surface area contributed by atoms with Crippen LogP contribution in [-0.2, 0) is 9.59 Å². The molecule has 0 aliphatic heterocycles. The van der Waals surface area contributed by atoms with Crippen LogP contribution in [0.5, 0.6) is 0 Å². The van der Waals surface area contributed by atoms with Crippen LogP contribution in [-0.4, -0.2) is 29.1 Å². The summed E-state index contributed by atoms with van der Waals surface area (Å²) in [5, 5.41) is 13.6. The molecule has 20 heavy (non-hydrogen) atoms. The maximum Gasteiger partial charge on any atom is 0.326 e. The number of anilines is 1. The van der Waals surface area contributed by atoms with Crippen LogP contribution < -0.4 is 16.4 Å². The molecule has 1 atom stereocenters. The molecule has 3 amide bonds. The van der Waals surface area contributed by atoms with Crippen molar-refractivity contribution in [3.05, 3.63) is 28.2 Å². The first kappa shape index (κ1) is 16.0. The molecule has 1 aromatic carbocycles. The number of amides is 3. The van der Waals surface area contributed by atoms with Crippen LogP contribution in [0, 0.1) is 6.92 Å². The minimum Gasteiger partial charge on any atom is -0.480 e. The number of nitrogens with one attached hydrogen (secondary N) is 2. The van der Waals surface area contributed by atoms with Crippen molar-refractivity contribution < 1.29 is 19.5 Å². The molecule has 0 bridgehead atoms. The Morgan fingerprint density at radius 1 is 1.40 bits per heavy atom. The first-order valence-corrected chi connectivity index (χ1v) is 6.43. The number of benzene rings is 1. The number of primary amides is 1. The summed E-state index contributed by atoms with van der Waals surface area (Å²) in [6.45, 7) is 1.79. The van der Waals surface area contributed by atoms with Gasteiger partial charge in [-0.15, -0.1) is 0 Å². The molecule has 0 aliphatic rings. The summed E-state index contributed by atoms with van der Waals surface area (Å²) in [6.07, 6.45) is -0.472. The second-order valence-electron chi connectivity index (χ2n) is 4.12. The summed E-state index contributed by atoms with van der Waals surface area (Å²) in [5.74, 6) is -2.14. The van der Waals surface area contributed by atoms with E-state index in [1.807, 2.05) is 6.07 Å². The van der Waals surface area contributed by atoms with Crippen molar-refractivity contribution in [2.24, 2.45) is 5.73 Å². The van der Waals surface area contributed by atoms with Gasteiger partial charge in [0.25, 0.3) is 0 Å². The second kappa shape index (κ2) is 6.90. The molecule has 0 aliphatic carbocycles. The molecule has 0 unspecified atom stereocenters. The van der Waals surface area contributed by atoms with Crippen LogP contribution in [0.2, 0.25) is 0 Å². The fourth-order valence-corrected chi connectivity index (χ4v) is 1.81. The standard InChI is InChI=1S/C12H14BrN3O4/c1-6-2-3-7(13)4-8(6)15-12(20)16-9(11(18)19)5-10(14)17/h2-4,9H,5H2,1H3,(H2,14,17)(H,18,19)(H2,15,16,20)/t9-/m0/s1. The van der Waals surface area contributed by atoms with Gasteiger partial charge in [-0.25, -0.2) is 9.59 Å². The number of carbonyl (C=O) groups excluding carboxylic acids is 2. The largest absolute Gasteiger partial charge is 0.480 e. The van der Waals surface area contributed by atoms with E-state index in [1.54, 1.807) is 19.1 Å². The number of nitrogens with two attached hydrogens (primary N) is 1. The Kier molecular flexibility index (Phi) is 5.51. The topological polar surface area (TPSA) is 122 Å². The summed E-state index contributed by atoms with van der Waals surface area (Å²) in [7, 11) is 0. The Hall–Kier alpha value is -2.09. The molecule has 0 saturated heterocycles. The first-order chi connectivity index (χ1) is 9.29. The highest BCUT2D eigenvalue weighted by Crippen LogP contribution is 2.20. The van der Waals surface area contributed by atoms with E-state index < -0.39 is 30.4 Å². The Labute approximate surface area is 123 Å². The van der Waals surface area contributed by atoms with Gasteiger partial charge in [-0.3, -0.25) is 4.79 Å². The molecule has 0 spiro atoms. The van der Waals surface area contributed by atoms with E-state index in [2.05, 4.69) is 26.6 Å². The molecule has 1 rings (SSSR count). The number of aryl methyl sites for hydroxylation is 1. The number of hydrogen-bond donors (Lipinski definition) is 4. The van der Waals surface area contributed by atoms with Crippen LogP contribution in [0.1, 0.15) is 12.0 Å². The number of halogens is 1. The lowest BCUT2D eigenvalue weighted by atomic mass is 10.2. The monoisotopic (exact) mass is 343 g/mol. The maximum absolute atomic E-state index is 11.7. The van der Waals surface area contributed by atoms with E-state index in [9.17, 15) is 14.4 Å². The van der Waals surface area contributed by atoms with Gasteiger partial charge in [-0.1, -0.05) is 22.0 Å². The Morgan fingerprint density at radius 3 is 2.60 bits per heavy atom. The van der Waals surface area contributed by atoms with Crippen molar-refractivity contribution in [1.82, 2.24) is 5.32 Å². The summed E-state index contributed by atoms with van der Waals surface area (Å²) < 4.78 is 0.769. The highest BCUT2D eigenvalue weighted by molar-refractivity contribution is 9.10. The SMILES string of the molecule is Cc1ccc(Br)cc1NC(=O)N[C@@H](CC(N)=O)C(=O)O. The van der Waals surface area contributed by atoms with E-state index >= 15 is 0 Å². The molecule has 7 nitrogen and oxygen atoms in total. The highest BCUT2D eigenvalue weighted by atomic mass is 79.9. The van der Waals surface area contributed by atoms with E-state index in [1.165, 1.54) is 0 Å². The molecule has 108 valence electrons. The Morgan fingerprint density at radius 2 is 2.05 bits per heavy atom. The van der Waals surface area contributed by atoms with Crippen LogP contribution in [0.3, 0.4) is 0 Å². The van der Waals surface area contributed by atoms with E-state index in [4.69, 9.17) is 10.8 Å². The number of urea groups is 1. The van der Waals surface area contributed by atoms with E-state index in [0.717, 1.165) is 10.0 Å². The number of hydrogen-bond acceptors (Lipinski definition) is 3. The van der Waals surface area contributed by atoms with Crippen molar-refractivity contribution in [2.45, 2.75) is 19.4 Å². The van der Waals surface area contributed by atoms with Crippen molar-refractivity contribution in [1.29, 1.82) is 0 Å². The predicted octanol–water partition coefficient (Wildman–Crippen LogP) is 1.21. The second-order valence-corrected chi connectivity index (χ2v) is 5.03. The zero-order valence-electron chi connectivity index (χ0n) is 10.6.